The van der Waals surface area contributed by atoms with Crippen LogP contribution in [0.3, 0.4) is 0 Å². The normalized spacial score (nSPS) is 14.3. The van der Waals surface area contributed by atoms with Crippen molar-refractivity contribution in [2.45, 2.75) is 39.0 Å². The average Bonchev–Trinajstić information content (AvgIpc) is 3.39. The summed E-state index contributed by atoms with van der Waals surface area (Å²) in [5, 5.41) is 7.47. The monoisotopic (exact) mass is 430 g/mol. The summed E-state index contributed by atoms with van der Waals surface area (Å²) in [6.45, 7) is 6.91. The smallest absolute Gasteiger partial charge is 0.252 e. The Morgan fingerprint density at radius 1 is 1.12 bits per heavy atom. The molecule has 0 unspecified atom stereocenters. The zero-order chi connectivity index (χ0) is 22.7. The Labute approximate surface area is 187 Å². The standard InChI is InChI=1S/C24H26N6O2/c1-24(2,3)19-16-20(30(28-19)23-25-13-5-14-26-23)27-21(31)12-9-17-7-10-18(11-8-17)29-15-4-6-22(29)32/h5,7-14,16H,4,6,15H2,1-3H3,(H,27,31)/b12-9+. The molecule has 0 aliphatic carbocycles. The van der Waals surface area contributed by atoms with E-state index >= 15 is 0 Å². The van der Waals surface area contributed by atoms with Gasteiger partial charge in [0.05, 0.1) is 5.69 Å². The molecule has 2 aromatic heterocycles. The van der Waals surface area contributed by atoms with Gasteiger partial charge in [0.1, 0.15) is 5.82 Å². The van der Waals surface area contributed by atoms with Gasteiger partial charge in [-0.3, -0.25) is 9.59 Å². The molecule has 1 N–H and O–H groups in total. The lowest BCUT2D eigenvalue weighted by atomic mass is 9.92. The Bertz CT molecular complexity index is 1140. The molecule has 164 valence electrons. The van der Waals surface area contributed by atoms with Crippen LogP contribution in [0.5, 0.6) is 0 Å². The number of hydrogen-bond acceptors (Lipinski definition) is 5. The number of anilines is 2. The first-order valence-corrected chi connectivity index (χ1v) is 10.6. The molecule has 0 atom stereocenters. The van der Waals surface area contributed by atoms with Gasteiger partial charge in [0.25, 0.3) is 5.95 Å². The van der Waals surface area contributed by atoms with Crippen molar-refractivity contribution < 1.29 is 9.59 Å². The van der Waals surface area contributed by atoms with Crippen molar-refractivity contribution in [1.29, 1.82) is 0 Å². The maximum absolute atomic E-state index is 12.6. The fraction of sp³-hybridized carbons (Fsp3) is 0.292. The van der Waals surface area contributed by atoms with Gasteiger partial charge in [0.15, 0.2) is 0 Å². The summed E-state index contributed by atoms with van der Waals surface area (Å²) >= 11 is 0. The van der Waals surface area contributed by atoms with Crippen molar-refractivity contribution in [3.8, 4) is 5.95 Å². The van der Waals surface area contributed by atoms with E-state index in [0.717, 1.165) is 29.9 Å². The van der Waals surface area contributed by atoms with E-state index in [1.165, 1.54) is 10.8 Å². The highest BCUT2D eigenvalue weighted by Gasteiger charge is 2.22. The van der Waals surface area contributed by atoms with Crippen LogP contribution in [0.2, 0.25) is 0 Å². The first-order chi connectivity index (χ1) is 15.3. The third-order valence-electron chi connectivity index (χ3n) is 5.18. The zero-order valence-electron chi connectivity index (χ0n) is 18.4. The van der Waals surface area contributed by atoms with Crippen molar-refractivity contribution in [1.82, 2.24) is 19.7 Å². The second kappa shape index (κ2) is 8.74. The fourth-order valence-corrected chi connectivity index (χ4v) is 3.42. The minimum Gasteiger partial charge on any atom is -0.312 e. The molecule has 32 heavy (non-hydrogen) atoms. The lowest BCUT2D eigenvalue weighted by molar-refractivity contribution is -0.117. The van der Waals surface area contributed by atoms with Crippen molar-refractivity contribution in [2.75, 3.05) is 16.8 Å². The van der Waals surface area contributed by atoms with Crippen molar-refractivity contribution in [3.63, 3.8) is 0 Å². The van der Waals surface area contributed by atoms with Crippen molar-refractivity contribution in [2.24, 2.45) is 0 Å². The van der Waals surface area contributed by atoms with Crippen LogP contribution in [0.25, 0.3) is 12.0 Å². The molecule has 8 heteroatoms. The summed E-state index contributed by atoms with van der Waals surface area (Å²) in [5.41, 5.74) is 2.37. The van der Waals surface area contributed by atoms with E-state index in [2.05, 4.69) is 41.2 Å². The van der Waals surface area contributed by atoms with Crippen LogP contribution in [0.15, 0.2) is 54.9 Å². The van der Waals surface area contributed by atoms with Gasteiger partial charge in [0.2, 0.25) is 11.8 Å². The lowest BCUT2D eigenvalue weighted by Gasteiger charge is -2.15. The highest BCUT2D eigenvalue weighted by atomic mass is 16.2. The Balaban J connectivity index is 1.49. The van der Waals surface area contributed by atoms with Crippen LogP contribution >= 0.6 is 0 Å². The topological polar surface area (TPSA) is 93.0 Å². The highest BCUT2D eigenvalue weighted by Crippen LogP contribution is 2.25. The molecule has 1 fully saturated rings. The van der Waals surface area contributed by atoms with E-state index in [-0.39, 0.29) is 17.2 Å². The van der Waals surface area contributed by atoms with E-state index < -0.39 is 0 Å². The van der Waals surface area contributed by atoms with Gasteiger partial charge in [-0.05, 0) is 36.3 Å². The second-order valence-corrected chi connectivity index (χ2v) is 8.69. The minimum absolute atomic E-state index is 0.154. The molecule has 0 bridgehead atoms. The Hall–Kier alpha value is -3.81. The number of nitrogens with zero attached hydrogens (tertiary/aromatic N) is 5. The molecule has 8 nitrogen and oxygen atoms in total. The molecule has 0 saturated carbocycles. The number of carbonyl (C=O) groups excluding carboxylic acids is 2. The summed E-state index contributed by atoms with van der Waals surface area (Å²) in [6.07, 6.45) is 7.95. The van der Waals surface area contributed by atoms with Gasteiger partial charge in [0, 0.05) is 48.6 Å². The van der Waals surface area contributed by atoms with Crippen LogP contribution in [0.4, 0.5) is 11.5 Å². The molecule has 0 radical (unpaired) electrons. The SMILES string of the molecule is CC(C)(C)c1cc(NC(=O)/C=C/c2ccc(N3CCCC3=O)cc2)n(-c2ncccn2)n1. The maximum atomic E-state index is 12.6. The predicted molar refractivity (Wildman–Crippen MR) is 124 cm³/mol. The predicted octanol–water partition coefficient (Wildman–Crippen LogP) is 3.74. The first-order valence-electron chi connectivity index (χ1n) is 10.6. The number of nitrogens with one attached hydrogen (secondary N) is 1. The minimum atomic E-state index is -0.290. The third kappa shape index (κ3) is 4.74. The van der Waals surface area contributed by atoms with E-state index in [1.54, 1.807) is 29.4 Å². The fourth-order valence-electron chi connectivity index (χ4n) is 3.42. The molecule has 3 aromatic rings. The van der Waals surface area contributed by atoms with Gasteiger partial charge >= 0.3 is 0 Å². The molecular weight excluding hydrogens is 404 g/mol. The van der Waals surface area contributed by atoms with Crippen LogP contribution in [0.1, 0.15) is 44.9 Å². The summed E-state index contributed by atoms with van der Waals surface area (Å²) in [6, 6.07) is 11.2. The molecule has 1 saturated heterocycles. The Kier molecular flexibility index (Phi) is 5.85. The summed E-state index contributed by atoms with van der Waals surface area (Å²) < 4.78 is 1.54. The van der Waals surface area contributed by atoms with Crippen LogP contribution in [-0.4, -0.2) is 38.1 Å². The van der Waals surface area contributed by atoms with E-state index in [4.69, 9.17) is 0 Å². The number of amides is 2. The molecule has 1 aliphatic rings. The van der Waals surface area contributed by atoms with Gasteiger partial charge < -0.3 is 10.2 Å². The molecule has 2 amide bonds. The summed E-state index contributed by atoms with van der Waals surface area (Å²) in [5.74, 6) is 0.746. The average molecular weight is 431 g/mol. The van der Waals surface area contributed by atoms with Crippen molar-refractivity contribution in [3.05, 3.63) is 66.1 Å². The number of carbonyl (C=O) groups is 2. The van der Waals surface area contributed by atoms with Crippen molar-refractivity contribution >= 4 is 29.4 Å². The van der Waals surface area contributed by atoms with Gasteiger partial charge in [-0.25, -0.2) is 9.97 Å². The first kappa shape index (κ1) is 21.4. The largest absolute Gasteiger partial charge is 0.312 e. The molecule has 0 spiro atoms. The number of hydrogen-bond donors (Lipinski definition) is 1. The second-order valence-electron chi connectivity index (χ2n) is 8.69. The summed E-state index contributed by atoms with van der Waals surface area (Å²) in [4.78, 5) is 34.8. The van der Waals surface area contributed by atoms with Gasteiger partial charge in [-0.15, -0.1) is 0 Å². The lowest BCUT2D eigenvalue weighted by Crippen LogP contribution is -2.23. The Morgan fingerprint density at radius 3 is 2.47 bits per heavy atom. The molecule has 1 aromatic carbocycles. The van der Waals surface area contributed by atoms with Crippen LogP contribution in [0, 0.1) is 0 Å². The van der Waals surface area contributed by atoms with Crippen LogP contribution in [-0.2, 0) is 15.0 Å². The number of aromatic nitrogens is 4. The molecule has 3 heterocycles. The maximum Gasteiger partial charge on any atom is 0.252 e. The van der Waals surface area contributed by atoms with Gasteiger partial charge in [-0.2, -0.15) is 9.78 Å². The summed E-state index contributed by atoms with van der Waals surface area (Å²) in [7, 11) is 0. The van der Waals surface area contributed by atoms with E-state index in [9.17, 15) is 9.59 Å². The quantitative estimate of drug-likeness (QED) is 0.623. The van der Waals surface area contributed by atoms with E-state index in [0.29, 0.717) is 18.2 Å². The van der Waals surface area contributed by atoms with E-state index in [1.807, 2.05) is 30.3 Å². The van der Waals surface area contributed by atoms with Gasteiger partial charge in [-0.1, -0.05) is 32.9 Å². The number of benzene rings is 1. The molecule has 1 aliphatic heterocycles. The highest BCUT2D eigenvalue weighted by molar-refractivity contribution is 6.01. The molecule has 4 rings (SSSR count). The molecular formula is C24H26N6O2. The number of rotatable bonds is 5. The third-order valence-corrected chi connectivity index (χ3v) is 5.18. The zero-order valence-corrected chi connectivity index (χ0v) is 18.4. The van der Waals surface area contributed by atoms with Crippen LogP contribution < -0.4 is 10.2 Å². The Morgan fingerprint density at radius 2 is 1.84 bits per heavy atom.